The zero-order chi connectivity index (χ0) is 101. The number of nitrogens with zero attached hydrogens (tertiary/aromatic N) is 3. The van der Waals surface area contributed by atoms with Crippen LogP contribution in [0.2, 0.25) is 0 Å². The predicted octanol–water partition coefficient (Wildman–Crippen LogP) is 35.7. The van der Waals surface area contributed by atoms with Gasteiger partial charge in [0.1, 0.15) is 0 Å². The van der Waals surface area contributed by atoms with Gasteiger partial charge < -0.3 is 14.4 Å². The van der Waals surface area contributed by atoms with E-state index in [-0.39, 0.29) is 94.6 Å². The lowest BCUT2D eigenvalue weighted by atomic mass is 9.33. The molecule has 0 saturated carbocycles. The topological polar surface area (TPSA) is 11.4 Å². The summed E-state index contributed by atoms with van der Waals surface area (Å²) in [6, 6.07) is 84.8. The molecule has 0 bridgehead atoms. The Morgan fingerprint density at radius 2 is 0.463 bits per heavy atom. The number of aromatic nitrogens is 1. The number of rotatable bonds is 9. The van der Waals surface area contributed by atoms with Gasteiger partial charge in [0.2, 0.25) is 0 Å². The minimum atomic E-state index is -0.500. The molecule has 0 saturated heterocycles. The highest BCUT2D eigenvalue weighted by molar-refractivity contribution is 7.00. The van der Waals surface area contributed by atoms with Crippen molar-refractivity contribution in [1.29, 1.82) is 0 Å². The van der Waals surface area contributed by atoms with E-state index in [9.17, 15) is 5.48 Å². The predicted molar refractivity (Wildman–Crippen MR) is 591 cm³/mol. The normalized spacial score (nSPS) is 14.5. The molecule has 2 aliphatic rings. The van der Waals surface area contributed by atoms with E-state index in [0.717, 1.165) is 139 Å². The Morgan fingerprint density at radius 3 is 0.724 bits per heavy atom. The van der Waals surface area contributed by atoms with Gasteiger partial charge in [-0.3, -0.25) is 0 Å². The molecule has 0 spiro atoms. The van der Waals surface area contributed by atoms with Crippen LogP contribution in [0.1, 0.15) is 348 Å². The van der Waals surface area contributed by atoms with Crippen LogP contribution in [-0.2, 0) is 70.4 Å². The summed E-state index contributed by atoms with van der Waals surface area (Å²) < 4.78 is 43.1. The largest absolute Gasteiger partial charge is 0.310 e. The van der Waals surface area contributed by atoms with Crippen LogP contribution in [0, 0.1) is 0 Å². The highest BCUT2D eigenvalue weighted by Crippen LogP contribution is 2.57. The number of benzene rings is 13. The summed E-state index contributed by atoms with van der Waals surface area (Å²) in [6.45, 7) is 91.1. The van der Waals surface area contributed by atoms with Gasteiger partial charge in [0.05, 0.1) is 33.6 Å². The van der Waals surface area contributed by atoms with E-state index >= 15 is 0 Å². The fourth-order valence-corrected chi connectivity index (χ4v) is 19.8. The van der Waals surface area contributed by atoms with Gasteiger partial charge in [-0.25, -0.2) is 0 Å². The lowest BCUT2D eigenvalue weighted by molar-refractivity contribution is 0.568. The highest BCUT2D eigenvalue weighted by atomic mass is 15.2. The first kappa shape index (κ1) is 91.1. The zero-order valence-corrected chi connectivity index (χ0v) is 89.1. The van der Waals surface area contributed by atoms with Crippen molar-refractivity contribution in [2.45, 2.75) is 340 Å². The molecule has 0 unspecified atom stereocenters. The van der Waals surface area contributed by atoms with Gasteiger partial charge >= 0.3 is 0 Å². The smallest absolute Gasteiger partial charge is 0.252 e. The summed E-state index contributed by atoms with van der Waals surface area (Å²) in [5.74, 6) is 0. The van der Waals surface area contributed by atoms with Gasteiger partial charge in [-0.05, 0) is 246 Å². The summed E-state index contributed by atoms with van der Waals surface area (Å²) in [4.78, 5) is 5.42. The van der Waals surface area contributed by atoms with Gasteiger partial charge in [-0.1, -0.05) is 464 Å². The number of hydrogen-bond acceptors (Lipinski definition) is 2. The summed E-state index contributed by atoms with van der Waals surface area (Å²) >= 11 is 0. The molecule has 1 aromatic heterocycles. The molecule has 0 N–H and O–H groups in total. The fourth-order valence-electron chi connectivity index (χ4n) is 19.8. The molecule has 0 amide bonds. The third-order valence-corrected chi connectivity index (χ3v) is 29.0. The second-order valence-corrected chi connectivity index (χ2v) is 53.3. The first-order valence-electron chi connectivity index (χ1n) is 51.6. The molecular weight excluding hydrogens is 1610 g/mol. The minimum Gasteiger partial charge on any atom is -0.310 e. The van der Waals surface area contributed by atoms with Crippen molar-refractivity contribution in [2.75, 3.05) is 9.80 Å². The van der Waals surface area contributed by atoms with Crippen LogP contribution >= 0.6 is 0 Å². The molecule has 0 radical (unpaired) electrons. The fraction of sp³-hybridized carbons (Fsp3) is 0.400. The van der Waals surface area contributed by atoms with Crippen LogP contribution in [0.25, 0.3) is 94.3 Å². The summed E-state index contributed by atoms with van der Waals surface area (Å²) in [6.07, 6.45) is 0. The Bertz CT molecular complexity index is 6530. The molecular formula is C130H156BN3. The average molecular weight is 1780 g/mol. The molecule has 694 valence electrons. The maximum atomic E-state index is 10.7. The molecule has 134 heavy (non-hydrogen) atoms. The van der Waals surface area contributed by atoms with Gasteiger partial charge in [0.25, 0.3) is 6.71 Å². The summed E-state index contributed by atoms with van der Waals surface area (Å²) in [5.41, 5.74) is 37.6. The van der Waals surface area contributed by atoms with E-state index in [1.165, 1.54) is 66.8 Å². The quantitative estimate of drug-likeness (QED) is 0.133. The average Bonchev–Trinajstić information content (AvgIpc) is 0.884. The molecule has 4 heteroatoms. The second-order valence-electron chi connectivity index (χ2n) is 53.3. The third kappa shape index (κ3) is 18.4. The lowest BCUT2D eigenvalue weighted by Gasteiger charge is -2.46. The summed E-state index contributed by atoms with van der Waals surface area (Å²) in [5, 5.41) is 1.24. The first-order chi connectivity index (χ1) is 63.3. The SMILES string of the molecule is [2H]c1c([2H])c([2H])c2c(c1[2H])c1cc(C(C)(C)C)ccc1n2-c1cc2c3c(c1)N(c1c(-c4cc(C(C)(C)C)cc(C(C)(C)C)c4)cccc1-c1cc(C(C)(C)C)cc(C(C)(C)C)c1)c1ccc(-c4cc(C(C)(C)C)cc(C(C)(C)C)c4)cc1B3c1cc(-c3cc(C(C)(C)C)cc(C(C)(C)C)c3)ccc1N2c1c(-c2cc(C(C)(C)C)cc(C(C)(C)C)c2)cccc1-c1cc(C(C)(C)C)cc(C(C)(C)C)c1. The zero-order valence-electron chi connectivity index (χ0n) is 93.1. The van der Waals surface area contributed by atoms with Gasteiger partial charge in [-0.2, -0.15) is 0 Å². The maximum absolute atomic E-state index is 10.7. The Balaban J connectivity index is 1.24. The Hall–Kier alpha value is -10.7. The number of anilines is 6. The van der Waals surface area contributed by atoms with Crippen molar-refractivity contribution < 1.29 is 5.48 Å². The molecule has 0 aliphatic carbocycles. The van der Waals surface area contributed by atoms with Crippen LogP contribution in [-0.4, -0.2) is 11.3 Å². The molecule has 0 atom stereocenters. The molecule has 14 aromatic rings. The summed E-state index contributed by atoms with van der Waals surface area (Å²) in [7, 11) is 0. The van der Waals surface area contributed by atoms with E-state index in [2.05, 4.69) is 497 Å². The first-order valence-corrected chi connectivity index (χ1v) is 49.6. The number of hydrogen-bond donors (Lipinski definition) is 0. The molecule has 13 aromatic carbocycles. The van der Waals surface area contributed by atoms with Crippen LogP contribution < -0.4 is 26.2 Å². The van der Waals surface area contributed by atoms with Gasteiger partial charge in [0, 0.05) is 55.8 Å². The van der Waals surface area contributed by atoms with Crippen molar-refractivity contribution in [3.63, 3.8) is 0 Å². The molecule has 3 heterocycles. The molecule has 2 aliphatic heterocycles. The Kier molecular flexibility index (Phi) is 22.1. The Morgan fingerprint density at radius 1 is 0.209 bits per heavy atom. The van der Waals surface area contributed by atoms with Crippen LogP contribution in [0.3, 0.4) is 0 Å². The van der Waals surface area contributed by atoms with Crippen molar-refractivity contribution in [3.05, 3.63) is 309 Å². The van der Waals surface area contributed by atoms with Crippen LogP contribution in [0.15, 0.2) is 236 Å². The van der Waals surface area contributed by atoms with Crippen LogP contribution in [0.4, 0.5) is 34.1 Å². The second kappa shape index (κ2) is 32.5. The molecule has 16 rings (SSSR count). The van der Waals surface area contributed by atoms with Gasteiger partial charge in [0.15, 0.2) is 0 Å². The monoisotopic (exact) mass is 1770 g/mol. The molecule has 0 fully saturated rings. The van der Waals surface area contributed by atoms with Crippen molar-refractivity contribution in [2.24, 2.45) is 0 Å². The molecule has 3 nitrogen and oxygen atoms in total. The standard InChI is InChI=1S/C130H156BN3/c1-118(2,3)87-52-55-110-106(76-87)105-44-40-41-49-109(105)132(110)100-77-113-115-114(78-100)134(117-103(85-64-96(127(28,29)30)74-97(65-85)128(31,32)33)47-43-48-104(117)86-66-98(129(34,35)36)75-99(67-86)130(37,38)39)112-54-51-80(82-58-90(121(10,11)12)71-91(59-82)122(13,14)15)69-108(112)131(115)107-68-79(81-56-88(119(4,5)6)70-89(57-81)120(7,8)9)50-53-111(107)133(113)116-101(83-60-92(123(16,17)18)72-93(61-83)124(19,20)21)45-42-46-102(116)84-62-94(125(22,23)24)73-95(63-84)126(25,26)27/h40-78H,1-39H3/i40D,41D,44D,49D. The number of para-hydroxylation sites is 3. The van der Waals surface area contributed by atoms with Crippen LogP contribution in [0.5, 0.6) is 0 Å². The Labute approximate surface area is 815 Å². The van der Waals surface area contributed by atoms with E-state index in [4.69, 9.17) is 0 Å². The van der Waals surface area contributed by atoms with E-state index in [1.54, 1.807) is 0 Å². The van der Waals surface area contributed by atoms with Crippen molar-refractivity contribution in [1.82, 2.24) is 4.57 Å². The van der Waals surface area contributed by atoms with E-state index in [1.807, 2.05) is 0 Å². The minimum absolute atomic E-state index is 0.0706. The lowest BCUT2D eigenvalue weighted by Crippen LogP contribution is -2.61. The number of fused-ring (bicyclic) bond motifs is 7. The highest BCUT2D eigenvalue weighted by Gasteiger charge is 2.47. The third-order valence-electron chi connectivity index (χ3n) is 29.0. The van der Waals surface area contributed by atoms with Crippen molar-refractivity contribution >= 4 is 79.0 Å². The maximum Gasteiger partial charge on any atom is 0.252 e. The van der Waals surface area contributed by atoms with Crippen molar-refractivity contribution in [3.8, 4) is 72.4 Å². The van der Waals surface area contributed by atoms with Gasteiger partial charge in [-0.15, -0.1) is 0 Å². The van der Waals surface area contributed by atoms with E-state index in [0.29, 0.717) is 10.9 Å². The van der Waals surface area contributed by atoms with E-state index < -0.39 is 6.71 Å².